The van der Waals surface area contributed by atoms with Gasteiger partial charge >= 0.3 is 0 Å². The van der Waals surface area contributed by atoms with Gasteiger partial charge in [0.1, 0.15) is 0 Å². The van der Waals surface area contributed by atoms with Crippen molar-refractivity contribution < 1.29 is 14.8 Å². The average Bonchev–Trinajstić information content (AvgIpc) is 3.35. The van der Waals surface area contributed by atoms with Gasteiger partial charge in [0.25, 0.3) is 0 Å². The number of hydroxylamine groups is 1. The second kappa shape index (κ2) is 10.8. The topological polar surface area (TPSA) is 78.4 Å². The summed E-state index contributed by atoms with van der Waals surface area (Å²) in [5.41, 5.74) is 4.61. The molecule has 0 unspecified atom stereocenters. The molecule has 2 amide bonds. The second-order valence-electron chi connectivity index (χ2n) is 7.99. The molecular weight excluding hydrogens is 452 g/mol. The van der Waals surface area contributed by atoms with Crippen LogP contribution in [0.4, 0.5) is 5.69 Å². The summed E-state index contributed by atoms with van der Waals surface area (Å²) in [6.07, 6.45) is 6.77. The zero-order valence-corrected chi connectivity index (χ0v) is 19.8. The van der Waals surface area contributed by atoms with Crippen LogP contribution in [0.5, 0.6) is 0 Å². The molecule has 0 spiro atoms. The summed E-state index contributed by atoms with van der Waals surface area (Å²) in [4.78, 5) is 26.4. The van der Waals surface area contributed by atoms with Gasteiger partial charge in [-0.15, -0.1) is 23.1 Å². The molecule has 1 saturated heterocycles. The van der Waals surface area contributed by atoms with Gasteiger partial charge in [0.05, 0.1) is 4.75 Å². The fraction of sp³-hybridized carbons (Fsp3) is 0.231. The highest BCUT2D eigenvalue weighted by atomic mass is 32.2. The van der Waals surface area contributed by atoms with Gasteiger partial charge in [-0.2, -0.15) is 0 Å². The Hall–Kier alpha value is -2.87. The zero-order valence-electron chi connectivity index (χ0n) is 18.1. The minimum absolute atomic E-state index is 0.171. The number of hydrogen-bond acceptors (Lipinski definition) is 5. The summed E-state index contributed by atoms with van der Waals surface area (Å²) in [5.74, 6) is 0.507. The van der Waals surface area contributed by atoms with Crippen LogP contribution in [0.25, 0.3) is 16.5 Å². The molecule has 0 bridgehead atoms. The van der Waals surface area contributed by atoms with Gasteiger partial charge < -0.3 is 5.32 Å². The molecule has 0 radical (unpaired) electrons. The van der Waals surface area contributed by atoms with E-state index < -0.39 is 0 Å². The fourth-order valence-electron chi connectivity index (χ4n) is 3.95. The van der Waals surface area contributed by atoms with Crippen molar-refractivity contribution in [2.24, 2.45) is 0 Å². The lowest BCUT2D eigenvalue weighted by Gasteiger charge is -2.35. The van der Waals surface area contributed by atoms with Crippen molar-refractivity contribution in [1.82, 2.24) is 5.48 Å². The molecule has 1 atom stereocenters. The Morgan fingerprint density at radius 3 is 2.48 bits per heavy atom. The maximum absolute atomic E-state index is 12.1. The first-order valence-electron chi connectivity index (χ1n) is 10.9. The maximum atomic E-state index is 12.1. The van der Waals surface area contributed by atoms with Crippen LogP contribution < -0.4 is 10.8 Å². The smallest absolute Gasteiger partial charge is 0.248 e. The van der Waals surface area contributed by atoms with Crippen LogP contribution in [0.3, 0.4) is 0 Å². The monoisotopic (exact) mass is 478 g/mol. The molecule has 3 N–H and O–H groups in total. The lowest BCUT2D eigenvalue weighted by atomic mass is 9.94. The zero-order chi connectivity index (χ0) is 23.1. The van der Waals surface area contributed by atoms with Crippen molar-refractivity contribution in [2.75, 3.05) is 11.1 Å². The van der Waals surface area contributed by atoms with E-state index >= 15 is 0 Å². The number of amides is 2. The minimum Gasteiger partial charge on any atom is -0.323 e. The molecule has 1 aliphatic heterocycles. The molecule has 3 aromatic rings. The molecule has 1 aromatic heterocycles. The molecule has 1 fully saturated rings. The lowest BCUT2D eigenvalue weighted by molar-refractivity contribution is -0.129. The number of carbonyl (C=O) groups is 2. The first-order chi connectivity index (χ1) is 16.1. The Labute approximate surface area is 201 Å². The number of anilines is 1. The van der Waals surface area contributed by atoms with Gasteiger partial charge in [0.15, 0.2) is 0 Å². The maximum Gasteiger partial charge on any atom is 0.248 e. The van der Waals surface area contributed by atoms with E-state index in [0.717, 1.165) is 46.7 Å². The van der Waals surface area contributed by atoms with Gasteiger partial charge in [-0.1, -0.05) is 48.9 Å². The summed E-state index contributed by atoms with van der Waals surface area (Å²) >= 11 is 3.52. The largest absolute Gasteiger partial charge is 0.323 e. The number of thioether (sulfide) groups is 1. The third-order valence-corrected chi connectivity index (χ3v) is 8.72. The van der Waals surface area contributed by atoms with E-state index in [9.17, 15) is 9.59 Å². The molecule has 1 aliphatic rings. The van der Waals surface area contributed by atoms with E-state index in [1.54, 1.807) is 22.9 Å². The number of thiophene rings is 1. The van der Waals surface area contributed by atoms with Gasteiger partial charge in [0, 0.05) is 27.9 Å². The predicted molar refractivity (Wildman–Crippen MR) is 136 cm³/mol. The minimum atomic E-state index is -0.341. The quantitative estimate of drug-likeness (QED) is 0.219. The van der Waals surface area contributed by atoms with Crippen LogP contribution in [0.2, 0.25) is 0 Å². The number of carbonyl (C=O) groups excluding carboxylic acids is 2. The number of benzene rings is 2. The van der Waals surface area contributed by atoms with Gasteiger partial charge in [-0.3, -0.25) is 14.8 Å². The first-order valence-corrected chi connectivity index (χ1v) is 12.7. The molecule has 170 valence electrons. The Morgan fingerprint density at radius 1 is 1.00 bits per heavy atom. The number of rotatable bonds is 7. The summed E-state index contributed by atoms with van der Waals surface area (Å²) in [5, 5.41) is 11.9. The van der Waals surface area contributed by atoms with E-state index in [1.165, 1.54) is 11.0 Å². The van der Waals surface area contributed by atoms with E-state index in [1.807, 2.05) is 66.4 Å². The highest BCUT2D eigenvalue weighted by molar-refractivity contribution is 8.00. The van der Waals surface area contributed by atoms with E-state index in [4.69, 9.17) is 5.21 Å². The number of hydrogen-bond donors (Lipinski definition) is 3. The van der Waals surface area contributed by atoms with Crippen LogP contribution >= 0.6 is 23.1 Å². The summed E-state index contributed by atoms with van der Waals surface area (Å²) in [6.45, 7) is 0. The van der Waals surface area contributed by atoms with Crippen molar-refractivity contribution >= 4 is 46.7 Å². The first kappa shape index (κ1) is 23.3. The average molecular weight is 479 g/mol. The molecule has 5 nitrogen and oxygen atoms in total. The molecule has 2 heterocycles. The van der Waals surface area contributed by atoms with Gasteiger partial charge in [0.2, 0.25) is 11.8 Å². The summed E-state index contributed by atoms with van der Waals surface area (Å²) < 4.78 is -0.275. The van der Waals surface area contributed by atoms with E-state index in [0.29, 0.717) is 0 Å². The number of nitrogens with one attached hydrogen (secondary N) is 2. The van der Waals surface area contributed by atoms with Crippen molar-refractivity contribution in [3.63, 3.8) is 0 Å². The van der Waals surface area contributed by atoms with Crippen LogP contribution in [-0.4, -0.2) is 22.8 Å². The van der Waals surface area contributed by atoms with Crippen molar-refractivity contribution in [2.45, 2.75) is 30.4 Å². The third kappa shape index (κ3) is 5.93. The molecule has 2 aromatic carbocycles. The normalized spacial score (nSPS) is 18.2. The molecule has 33 heavy (non-hydrogen) atoms. The summed E-state index contributed by atoms with van der Waals surface area (Å²) in [6, 6.07) is 21.7. The fourth-order valence-corrected chi connectivity index (χ4v) is 6.84. The highest BCUT2D eigenvalue weighted by Gasteiger charge is 2.38. The highest BCUT2D eigenvalue weighted by Crippen LogP contribution is 2.50. The van der Waals surface area contributed by atoms with Gasteiger partial charge in [-0.25, -0.2) is 5.48 Å². The Kier molecular flexibility index (Phi) is 7.65. The van der Waals surface area contributed by atoms with Crippen LogP contribution in [0, 0.1) is 0 Å². The van der Waals surface area contributed by atoms with Crippen molar-refractivity contribution in [3.05, 3.63) is 83.2 Å². The Bertz CT molecular complexity index is 1120. The molecule has 7 heteroatoms. The molecule has 4 rings (SSSR count). The lowest BCUT2D eigenvalue weighted by Crippen LogP contribution is -2.32. The standard InChI is InChI=1S/C26H26N2O3S2/c29-24(27-21-6-2-1-3-7-21)15-10-19-8-11-20(12-9-19)22-13-14-23(33-22)26(18-25(30)28-31)16-4-5-17-32-26/h1-3,6-15,31H,4-5,16-18H2,(H,27,29)(H,28,30)/t26-/m0/s1. The van der Waals surface area contributed by atoms with Crippen LogP contribution in [0.15, 0.2) is 72.8 Å². The second-order valence-corrected chi connectivity index (χ2v) is 10.5. The van der Waals surface area contributed by atoms with E-state index in [-0.39, 0.29) is 23.0 Å². The molecular formula is C26H26N2O3S2. The van der Waals surface area contributed by atoms with E-state index in [2.05, 4.69) is 17.4 Å². The number of para-hydroxylation sites is 1. The van der Waals surface area contributed by atoms with Crippen LogP contribution in [-0.2, 0) is 14.3 Å². The Morgan fingerprint density at radius 2 is 1.79 bits per heavy atom. The van der Waals surface area contributed by atoms with Crippen molar-refractivity contribution in [1.29, 1.82) is 0 Å². The summed E-state index contributed by atoms with van der Waals surface area (Å²) in [7, 11) is 0. The SMILES string of the molecule is O=C(C=Cc1ccc(-c2ccc([C@@]3(CC(=O)NO)CCCCS3)s2)cc1)Nc1ccccc1. The molecule has 0 saturated carbocycles. The van der Waals surface area contributed by atoms with Gasteiger partial charge in [-0.05, 0) is 60.1 Å². The molecule has 0 aliphatic carbocycles. The van der Waals surface area contributed by atoms with Crippen LogP contribution in [0.1, 0.15) is 36.1 Å². The third-order valence-electron chi connectivity index (χ3n) is 5.64. The predicted octanol–water partition coefficient (Wildman–Crippen LogP) is 6.07. The van der Waals surface area contributed by atoms with Crippen molar-refractivity contribution in [3.8, 4) is 10.4 Å². The Balaban J connectivity index is 1.45.